The molecule has 172 valence electrons. The maximum absolute atomic E-state index is 13.7. The standard InChI is InChI=1S/C27H23ClN2O4/c1-17-10-12-19(13-11-17)25-26(20-8-5-9-21(28)14-20)34-23(15-24(31)32)27(33)30(25)22(16-29)18-6-3-2-4-7-18/h2-14,22-23,25-26H,15H2,1H3,(H,31,32)/t22-,23+,25-,26+/m0/s1. The summed E-state index contributed by atoms with van der Waals surface area (Å²) in [6.45, 7) is 1.96. The maximum Gasteiger partial charge on any atom is 0.306 e. The largest absolute Gasteiger partial charge is 0.481 e. The van der Waals surface area contributed by atoms with Crippen LogP contribution in [0.25, 0.3) is 0 Å². The highest BCUT2D eigenvalue weighted by Crippen LogP contribution is 2.46. The summed E-state index contributed by atoms with van der Waals surface area (Å²) < 4.78 is 6.17. The van der Waals surface area contributed by atoms with Crippen molar-refractivity contribution in [3.05, 3.63) is 106 Å². The monoisotopic (exact) mass is 474 g/mol. The van der Waals surface area contributed by atoms with Gasteiger partial charge in [0.1, 0.15) is 18.2 Å². The van der Waals surface area contributed by atoms with E-state index in [4.69, 9.17) is 16.3 Å². The number of ether oxygens (including phenoxy) is 1. The number of carboxylic acids is 1. The van der Waals surface area contributed by atoms with Gasteiger partial charge in [0.2, 0.25) is 0 Å². The van der Waals surface area contributed by atoms with Gasteiger partial charge in [0.15, 0.2) is 0 Å². The van der Waals surface area contributed by atoms with Gasteiger partial charge in [-0.25, -0.2) is 0 Å². The van der Waals surface area contributed by atoms with Crippen molar-refractivity contribution in [2.45, 2.75) is 37.6 Å². The number of hydrogen-bond acceptors (Lipinski definition) is 4. The molecule has 0 aromatic heterocycles. The maximum atomic E-state index is 13.7. The number of morpholine rings is 1. The predicted octanol–water partition coefficient (Wildman–Crippen LogP) is 5.40. The van der Waals surface area contributed by atoms with E-state index in [0.29, 0.717) is 16.1 Å². The van der Waals surface area contributed by atoms with E-state index in [1.165, 1.54) is 4.90 Å². The van der Waals surface area contributed by atoms with Crippen molar-refractivity contribution in [1.82, 2.24) is 4.90 Å². The van der Waals surface area contributed by atoms with Crippen LogP contribution in [0, 0.1) is 18.3 Å². The quantitative estimate of drug-likeness (QED) is 0.516. The van der Waals surface area contributed by atoms with Crippen molar-refractivity contribution in [3.8, 4) is 6.07 Å². The molecular formula is C27H23ClN2O4. The first-order valence-electron chi connectivity index (χ1n) is 10.8. The second-order valence-corrected chi connectivity index (χ2v) is 8.68. The van der Waals surface area contributed by atoms with E-state index >= 15 is 0 Å². The summed E-state index contributed by atoms with van der Waals surface area (Å²) in [5.74, 6) is -1.70. The van der Waals surface area contributed by atoms with Crippen molar-refractivity contribution >= 4 is 23.5 Å². The number of nitrogens with zero attached hydrogens (tertiary/aromatic N) is 2. The van der Waals surface area contributed by atoms with Crippen LogP contribution in [0.2, 0.25) is 5.02 Å². The number of aliphatic carboxylic acids is 1. The molecule has 1 heterocycles. The number of amides is 1. The van der Waals surface area contributed by atoms with Gasteiger partial charge in [-0.05, 0) is 35.7 Å². The van der Waals surface area contributed by atoms with Crippen LogP contribution in [0.5, 0.6) is 0 Å². The third-order valence-electron chi connectivity index (χ3n) is 5.90. The Morgan fingerprint density at radius 1 is 1.09 bits per heavy atom. The molecule has 3 aromatic rings. The third kappa shape index (κ3) is 4.81. The van der Waals surface area contributed by atoms with Crippen LogP contribution in [0.1, 0.15) is 46.9 Å². The summed E-state index contributed by atoms with van der Waals surface area (Å²) in [6, 6.07) is 24.4. The second-order valence-electron chi connectivity index (χ2n) is 8.24. The zero-order valence-corrected chi connectivity index (χ0v) is 19.2. The Balaban J connectivity index is 1.92. The van der Waals surface area contributed by atoms with Crippen LogP contribution in [-0.2, 0) is 14.3 Å². The Labute approximate surface area is 203 Å². The molecule has 0 radical (unpaired) electrons. The minimum Gasteiger partial charge on any atom is -0.481 e. The Hall–Kier alpha value is -3.66. The average Bonchev–Trinajstić information content (AvgIpc) is 2.83. The summed E-state index contributed by atoms with van der Waals surface area (Å²) in [4.78, 5) is 26.7. The molecule has 1 N–H and O–H groups in total. The van der Waals surface area contributed by atoms with E-state index in [1.54, 1.807) is 42.5 Å². The van der Waals surface area contributed by atoms with Gasteiger partial charge in [-0.15, -0.1) is 0 Å². The Morgan fingerprint density at radius 3 is 2.41 bits per heavy atom. The van der Waals surface area contributed by atoms with E-state index in [0.717, 1.165) is 11.1 Å². The first-order valence-corrected chi connectivity index (χ1v) is 11.2. The lowest BCUT2D eigenvalue weighted by Crippen LogP contribution is -2.52. The third-order valence-corrected chi connectivity index (χ3v) is 6.13. The zero-order chi connectivity index (χ0) is 24.2. The van der Waals surface area contributed by atoms with Crippen LogP contribution in [-0.4, -0.2) is 28.0 Å². The summed E-state index contributed by atoms with van der Waals surface area (Å²) >= 11 is 6.27. The summed E-state index contributed by atoms with van der Waals surface area (Å²) in [6.07, 6.45) is -2.49. The Bertz CT molecular complexity index is 1220. The highest BCUT2D eigenvalue weighted by Gasteiger charge is 2.47. The van der Waals surface area contributed by atoms with Crippen molar-refractivity contribution in [2.24, 2.45) is 0 Å². The molecule has 0 spiro atoms. The van der Waals surface area contributed by atoms with Crippen molar-refractivity contribution < 1.29 is 19.4 Å². The number of benzene rings is 3. The van der Waals surface area contributed by atoms with Gasteiger partial charge < -0.3 is 14.7 Å². The van der Waals surface area contributed by atoms with E-state index in [1.807, 2.05) is 43.3 Å². The molecule has 6 nitrogen and oxygen atoms in total. The Morgan fingerprint density at radius 2 is 1.79 bits per heavy atom. The summed E-state index contributed by atoms with van der Waals surface area (Å²) in [7, 11) is 0. The lowest BCUT2D eigenvalue weighted by atomic mass is 9.88. The number of halogens is 1. The number of rotatable bonds is 6. The molecule has 0 unspecified atom stereocenters. The lowest BCUT2D eigenvalue weighted by Gasteiger charge is -2.46. The molecule has 0 bridgehead atoms. The highest BCUT2D eigenvalue weighted by atomic mass is 35.5. The second kappa shape index (κ2) is 10.1. The molecule has 0 aliphatic carbocycles. The SMILES string of the molecule is Cc1ccc([C@H]2[C@@H](c3cccc(Cl)c3)O[C@H](CC(=O)O)C(=O)N2[C@@H](C#N)c2ccccc2)cc1. The van der Waals surface area contributed by atoms with E-state index in [2.05, 4.69) is 6.07 Å². The van der Waals surface area contributed by atoms with Crippen LogP contribution in [0.3, 0.4) is 0 Å². The van der Waals surface area contributed by atoms with Gasteiger partial charge in [0.25, 0.3) is 5.91 Å². The van der Waals surface area contributed by atoms with Gasteiger partial charge >= 0.3 is 5.97 Å². The van der Waals surface area contributed by atoms with Crippen molar-refractivity contribution in [3.63, 3.8) is 0 Å². The smallest absolute Gasteiger partial charge is 0.306 e. The molecule has 1 saturated heterocycles. The fraction of sp³-hybridized carbons (Fsp3) is 0.222. The normalized spacial score (nSPS) is 21.0. The summed E-state index contributed by atoms with van der Waals surface area (Å²) in [5, 5.41) is 20.2. The summed E-state index contributed by atoms with van der Waals surface area (Å²) in [5.41, 5.74) is 3.14. The average molecular weight is 475 g/mol. The number of nitriles is 1. The molecule has 3 aromatic carbocycles. The molecule has 34 heavy (non-hydrogen) atoms. The molecule has 4 rings (SSSR count). The number of carbonyl (C=O) groups excluding carboxylic acids is 1. The zero-order valence-electron chi connectivity index (χ0n) is 18.5. The van der Waals surface area contributed by atoms with Gasteiger partial charge in [-0.1, -0.05) is 83.9 Å². The van der Waals surface area contributed by atoms with E-state index in [-0.39, 0.29) is 0 Å². The van der Waals surface area contributed by atoms with Crippen LogP contribution in [0.15, 0.2) is 78.9 Å². The van der Waals surface area contributed by atoms with Crippen LogP contribution >= 0.6 is 11.6 Å². The highest BCUT2D eigenvalue weighted by molar-refractivity contribution is 6.30. The number of hydrogen-bond donors (Lipinski definition) is 1. The van der Waals surface area contributed by atoms with Crippen molar-refractivity contribution in [2.75, 3.05) is 0 Å². The number of carbonyl (C=O) groups is 2. The van der Waals surface area contributed by atoms with Crippen LogP contribution in [0.4, 0.5) is 0 Å². The first kappa shape index (κ1) is 23.5. The molecule has 4 atom stereocenters. The van der Waals surface area contributed by atoms with Gasteiger partial charge in [0.05, 0.1) is 18.5 Å². The number of aryl methyl sites for hydroxylation is 1. The fourth-order valence-electron chi connectivity index (χ4n) is 4.32. The molecule has 1 fully saturated rings. The lowest BCUT2D eigenvalue weighted by molar-refractivity contribution is -0.181. The molecule has 1 aliphatic heterocycles. The van der Waals surface area contributed by atoms with Gasteiger partial charge in [-0.2, -0.15) is 5.26 Å². The van der Waals surface area contributed by atoms with Gasteiger partial charge in [-0.3, -0.25) is 9.59 Å². The minimum absolute atomic E-state index is 0.488. The first-order chi connectivity index (χ1) is 16.4. The molecule has 0 saturated carbocycles. The topological polar surface area (TPSA) is 90.6 Å². The number of carboxylic acid groups (broad SMARTS) is 1. The van der Waals surface area contributed by atoms with E-state index in [9.17, 15) is 20.0 Å². The predicted molar refractivity (Wildman–Crippen MR) is 127 cm³/mol. The molecule has 1 amide bonds. The fourth-order valence-corrected chi connectivity index (χ4v) is 4.52. The minimum atomic E-state index is -1.25. The molecule has 7 heteroatoms. The molecule has 1 aliphatic rings. The van der Waals surface area contributed by atoms with Gasteiger partial charge in [0, 0.05) is 5.02 Å². The molecular weight excluding hydrogens is 452 g/mol. The van der Waals surface area contributed by atoms with Crippen LogP contribution < -0.4 is 0 Å². The van der Waals surface area contributed by atoms with E-state index < -0.39 is 42.6 Å². The van der Waals surface area contributed by atoms with Crippen molar-refractivity contribution in [1.29, 1.82) is 5.26 Å². The Kier molecular flexibility index (Phi) is 6.97.